The number of rotatable bonds is 3. The quantitative estimate of drug-likeness (QED) is 0.628. The van der Waals surface area contributed by atoms with Crippen molar-refractivity contribution in [3.8, 4) is 11.1 Å². The topological polar surface area (TPSA) is 20.3 Å². The minimum absolute atomic E-state index is 0.0860. The van der Waals surface area contributed by atoms with Gasteiger partial charge >= 0.3 is 8.84 Å². The number of hydrogen-bond acceptors (Lipinski definition) is 1. The molecule has 0 aliphatic heterocycles. The average Bonchev–Trinajstić information content (AvgIpc) is 2.81. The number of nitrogens with zero attached hydrogens (tertiary/aromatic N) is 1. The molecule has 4 rings (SSSR count). The first-order valence-corrected chi connectivity index (χ1v) is 11.4. The highest BCUT2D eigenvalue weighted by Gasteiger charge is 2.26. The molecule has 3 aliphatic carbocycles. The lowest BCUT2D eigenvalue weighted by atomic mass is 9.94. The van der Waals surface area contributed by atoms with Crippen LogP contribution < -0.4 is 10.4 Å². The second kappa shape index (κ2) is 6.82. The van der Waals surface area contributed by atoms with Gasteiger partial charge in [-0.2, -0.15) is 0 Å². The molecule has 0 unspecified atom stereocenters. The van der Waals surface area contributed by atoms with Crippen LogP contribution >= 0.6 is 0 Å². The highest BCUT2D eigenvalue weighted by molar-refractivity contribution is 6.40. The summed E-state index contributed by atoms with van der Waals surface area (Å²) in [5.74, 6) is 0. The third kappa shape index (κ3) is 3.14. The molecule has 142 valence electrons. The fourth-order valence-corrected chi connectivity index (χ4v) is 5.67. The molecule has 0 amide bonds. The van der Waals surface area contributed by atoms with Crippen LogP contribution in [-0.4, -0.2) is 26.0 Å². The van der Waals surface area contributed by atoms with E-state index in [9.17, 15) is 4.46 Å². The van der Waals surface area contributed by atoms with Crippen molar-refractivity contribution in [3.63, 3.8) is 0 Å². The van der Waals surface area contributed by atoms with Gasteiger partial charge in [0.25, 0.3) is 0 Å². The summed E-state index contributed by atoms with van der Waals surface area (Å²) >= 11 is 0. The number of hydrogen-bond donors (Lipinski definition) is 0. The van der Waals surface area contributed by atoms with Gasteiger partial charge in [-0.25, -0.2) is 0 Å². The minimum Gasteiger partial charge on any atom is -0.375 e. The number of allylic oxidation sites excluding steroid dienone is 2. The summed E-state index contributed by atoms with van der Waals surface area (Å²) in [5, 5.41) is 4.84. The molecule has 3 heteroatoms. The van der Waals surface area contributed by atoms with Gasteiger partial charge in [-0.3, -0.25) is 0 Å². The first-order valence-electron chi connectivity index (χ1n) is 9.85. The van der Waals surface area contributed by atoms with Crippen LogP contribution in [0.2, 0.25) is 6.04 Å². The van der Waals surface area contributed by atoms with Gasteiger partial charge in [-0.1, -0.05) is 66.8 Å². The summed E-state index contributed by atoms with van der Waals surface area (Å²) in [6.45, 7) is 10.7. The van der Waals surface area contributed by atoms with Crippen molar-refractivity contribution in [1.82, 2.24) is 4.57 Å². The van der Waals surface area contributed by atoms with Crippen molar-refractivity contribution < 1.29 is 4.46 Å². The van der Waals surface area contributed by atoms with E-state index < -0.39 is 8.84 Å². The van der Waals surface area contributed by atoms with Crippen LogP contribution in [0.3, 0.4) is 0 Å². The van der Waals surface area contributed by atoms with Crippen LogP contribution in [0.25, 0.3) is 34.6 Å². The molecule has 0 heterocycles. The monoisotopic (exact) mass is 385 g/mol. The van der Waals surface area contributed by atoms with Crippen molar-refractivity contribution in [2.45, 2.75) is 38.8 Å². The van der Waals surface area contributed by atoms with Gasteiger partial charge in [0.15, 0.2) is 0 Å². The van der Waals surface area contributed by atoms with Crippen LogP contribution in [0, 0.1) is 0 Å². The Morgan fingerprint density at radius 3 is 2.46 bits per heavy atom. The van der Waals surface area contributed by atoms with Crippen molar-refractivity contribution in [1.29, 1.82) is 0 Å². The smallest absolute Gasteiger partial charge is 0.375 e. The molecule has 0 saturated carbocycles. The van der Waals surface area contributed by atoms with Crippen LogP contribution in [0.15, 0.2) is 54.1 Å². The summed E-state index contributed by atoms with van der Waals surface area (Å²) in [4.78, 5) is 0. The standard InChI is InChI=1S/C25H27NOSi/c1-17-20-10-6-7-11-22(20)24-21(17)12-8-9-19-14-13-18(15-23(19)24)16-28(27)26(5)25(2,3)4/h6-14H,1,15-16H2,2-5H3. The van der Waals surface area contributed by atoms with E-state index in [0.717, 1.165) is 11.6 Å². The Morgan fingerprint density at radius 2 is 1.75 bits per heavy atom. The van der Waals surface area contributed by atoms with Gasteiger partial charge in [0.05, 0.1) is 0 Å². The predicted octanol–water partition coefficient (Wildman–Crippen LogP) is 4.27. The van der Waals surface area contributed by atoms with E-state index in [1.807, 2.05) is 11.6 Å². The lowest BCUT2D eigenvalue weighted by Gasteiger charge is -2.32. The third-order valence-corrected chi connectivity index (χ3v) is 8.14. The van der Waals surface area contributed by atoms with Gasteiger partial charge in [-0.15, -0.1) is 0 Å². The van der Waals surface area contributed by atoms with Crippen molar-refractivity contribution in [2.75, 3.05) is 7.05 Å². The summed E-state index contributed by atoms with van der Waals surface area (Å²) in [6, 6.07) is 15.7. The predicted molar refractivity (Wildman–Crippen MR) is 120 cm³/mol. The Bertz CT molecular complexity index is 1200. The van der Waals surface area contributed by atoms with E-state index in [4.69, 9.17) is 0 Å². The molecule has 1 aromatic carbocycles. The molecular formula is C25H27NOSi. The molecule has 28 heavy (non-hydrogen) atoms. The zero-order valence-corrected chi connectivity index (χ0v) is 18.2. The van der Waals surface area contributed by atoms with E-state index in [-0.39, 0.29) is 5.54 Å². The van der Waals surface area contributed by atoms with Crippen LogP contribution in [0.4, 0.5) is 0 Å². The Balaban J connectivity index is 1.80. The van der Waals surface area contributed by atoms with Gasteiger partial charge in [0.1, 0.15) is 0 Å². The molecule has 0 atom stereocenters. The molecule has 0 N–H and O–H groups in total. The highest BCUT2D eigenvalue weighted by atomic mass is 28.3. The first kappa shape index (κ1) is 18.8. The van der Waals surface area contributed by atoms with Gasteiger partial charge in [0.2, 0.25) is 0 Å². The van der Waals surface area contributed by atoms with Crippen molar-refractivity contribution in [2.24, 2.45) is 0 Å². The summed E-state index contributed by atoms with van der Waals surface area (Å²) in [7, 11) is 0.124. The first-order chi connectivity index (χ1) is 13.3. The van der Waals surface area contributed by atoms with Gasteiger partial charge in [-0.05, 0) is 65.1 Å². The minimum atomic E-state index is -1.85. The maximum atomic E-state index is 13.0. The number of fused-ring (bicyclic) bond motifs is 5. The fourth-order valence-electron chi connectivity index (χ4n) is 4.06. The lowest BCUT2D eigenvalue weighted by Crippen LogP contribution is -2.44. The van der Waals surface area contributed by atoms with E-state index in [0.29, 0.717) is 6.04 Å². The van der Waals surface area contributed by atoms with E-state index >= 15 is 0 Å². The second-order valence-electron chi connectivity index (χ2n) is 8.74. The van der Waals surface area contributed by atoms with Crippen molar-refractivity contribution >= 4 is 32.3 Å². The lowest BCUT2D eigenvalue weighted by molar-refractivity contribution is 0.274. The average molecular weight is 386 g/mol. The molecule has 3 aliphatic rings. The third-order valence-electron chi connectivity index (χ3n) is 5.97. The summed E-state index contributed by atoms with van der Waals surface area (Å²) in [6.07, 6.45) is 5.20. The van der Waals surface area contributed by atoms with Crippen LogP contribution in [-0.2, 0) is 10.9 Å². The van der Waals surface area contributed by atoms with E-state index in [1.54, 1.807) is 0 Å². The zero-order valence-electron chi connectivity index (χ0n) is 17.2. The Labute approximate surface area is 168 Å². The van der Waals surface area contributed by atoms with Gasteiger partial charge in [0, 0.05) is 18.6 Å². The molecule has 2 nitrogen and oxygen atoms in total. The Morgan fingerprint density at radius 1 is 1.04 bits per heavy atom. The van der Waals surface area contributed by atoms with E-state index in [2.05, 4.69) is 82.0 Å². The van der Waals surface area contributed by atoms with E-state index in [1.165, 1.54) is 38.3 Å². The van der Waals surface area contributed by atoms with Gasteiger partial charge < -0.3 is 9.03 Å². The molecule has 1 aromatic rings. The molecule has 0 spiro atoms. The normalized spacial score (nSPS) is 13.8. The molecule has 0 radical (unpaired) electrons. The second-order valence-corrected chi connectivity index (χ2v) is 10.6. The number of benzene rings is 1. The highest BCUT2D eigenvalue weighted by Crippen LogP contribution is 2.33. The van der Waals surface area contributed by atoms with Crippen LogP contribution in [0.1, 0.15) is 26.3 Å². The molecule has 0 aromatic heterocycles. The maximum absolute atomic E-state index is 13.0. The zero-order chi connectivity index (χ0) is 20.1. The maximum Gasteiger partial charge on any atom is 0.399 e. The Kier molecular flexibility index (Phi) is 4.58. The molecule has 0 bridgehead atoms. The SMILES string of the molecule is C=c1c2cccc3c(c-2c2ccccc12)CC(C[Si](=O)N(C)C(C)(C)C)=CC=3. The largest absolute Gasteiger partial charge is 0.399 e. The van der Waals surface area contributed by atoms with Crippen LogP contribution in [0.5, 0.6) is 0 Å². The van der Waals surface area contributed by atoms with Crippen molar-refractivity contribution in [3.05, 3.63) is 70.1 Å². The Hall–Kier alpha value is -2.52. The summed E-state index contributed by atoms with van der Waals surface area (Å²) in [5.41, 5.74) is 5.01. The molecular weight excluding hydrogens is 358 g/mol. The molecule has 0 saturated heterocycles. The fraction of sp³-hybridized carbons (Fsp3) is 0.280. The summed E-state index contributed by atoms with van der Waals surface area (Å²) < 4.78 is 15.0. The molecule has 0 fully saturated rings.